The summed E-state index contributed by atoms with van der Waals surface area (Å²) < 4.78 is 47.1. The summed E-state index contributed by atoms with van der Waals surface area (Å²) in [6.45, 7) is 1.17. The van der Waals surface area contributed by atoms with Crippen LogP contribution in [-0.4, -0.2) is 28.0 Å². The number of rotatable bonds is 8. The average Bonchev–Trinajstić information content (AvgIpc) is 2.78. The largest absolute Gasteiger partial charge is 0.496 e. The average molecular weight is 443 g/mol. The molecule has 0 heterocycles. The highest BCUT2D eigenvalue weighted by atomic mass is 32.2. The lowest BCUT2D eigenvalue weighted by Crippen LogP contribution is -2.42. The van der Waals surface area contributed by atoms with Crippen LogP contribution in [0.1, 0.15) is 18.5 Å². The molecule has 3 aromatic carbocycles. The molecular weight excluding hydrogens is 419 g/mol. The van der Waals surface area contributed by atoms with Crippen LogP contribution in [0.5, 0.6) is 5.75 Å². The summed E-state index contributed by atoms with van der Waals surface area (Å²) in [5.41, 5.74) is 0.535. The van der Waals surface area contributed by atoms with Crippen molar-refractivity contribution in [1.29, 1.82) is 0 Å². The van der Waals surface area contributed by atoms with E-state index in [4.69, 9.17) is 4.74 Å². The second-order valence-corrected chi connectivity index (χ2v) is 8.67. The van der Waals surface area contributed by atoms with Gasteiger partial charge in [-0.3, -0.25) is 9.10 Å². The Hall–Kier alpha value is -3.39. The van der Waals surface area contributed by atoms with Crippen LogP contribution in [0.2, 0.25) is 0 Å². The Morgan fingerprint density at radius 1 is 1.00 bits per heavy atom. The smallest absolute Gasteiger partial charge is 0.264 e. The van der Waals surface area contributed by atoms with E-state index < -0.39 is 34.3 Å². The summed E-state index contributed by atoms with van der Waals surface area (Å²) in [5, 5.41) is 2.77. The monoisotopic (exact) mass is 442 g/mol. The molecule has 3 rings (SSSR count). The molecule has 162 valence electrons. The van der Waals surface area contributed by atoms with E-state index in [-0.39, 0.29) is 10.6 Å². The van der Waals surface area contributed by atoms with Crippen molar-refractivity contribution in [3.8, 4) is 5.75 Å². The van der Waals surface area contributed by atoms with Crippen molar-refractivity contribution in [2.75, 3.05) is 18.0 Å². The molecule has 0 radical (unpaired) electrons. The molecular formula is C23H23FN2O4S. The zero-order chi connectivity index (χ0) is 22.4. The van der Waals surface area contributed by atoms with Crippen LogP contribution < -0.4 is 14.4 Å². The molecule has 0 bridgehead atoms. The van der Waals surface area contributed by atoms with E-state index in [1.807, 2.05) is 12.1 Å². The number of carbonyl (C=O) groups excluding carboxylic acids is 1. The first-order valence-electron chi connectivity index (χ1n) is 9.59. The van der Waals surface area contributed by atoms with Crippen LogP contribution >= 0.6 is 0 Å². The Morgan fingerprint density at radius 3 is 2.29 bits per heavy atom. The minimum absolute atomic E-state index is 0.0381. The molecule has 0 saturated carbocycles. The van der Waals surface area contributed by atoms with Gasteiger partial charge in [-0.25, -0.2) is 12.8 Å². The predicted molar refractivity (Wildman–Crippen MR) is 117 cm³/mol. The zero-order valence-corrected chi connectivity index (χ0v) is 18.0. The van der Waals surface area contributed by atoms with E-state index in [9.17, 15) is 17.6 Å². The van der Waals surface area contributed by atoms with Gasteiger partial charge >= 0.3 is 0 Å². The molecule has 0 saturated heterocycles. The third kappa shape index (κ3) is 5.03. The van der Waals surface area contributed by atoms with Crippen molar-refractivity contribution in [2.45, 2.75) is 17.9 Å². The maximum Gasteiger partial charge on any atom is 0.264 e. The molecule has 1 amide bonds. The number of halogens is 1. The molecule has 6 nitrogen and oxygen atoms in total. The van der Waals surface area contributed by atoms with Crippen LogP contribution in [0.15, 0.2) is 83.8 Å². The lowest BCUT2D eigenvalue weighted by atomic mass is 10.1. The number of amides is 1. The van der Waals surface area contributed by atoms with Crippen molar-refractivity contribution >= 4 is 21.6 Å². The van der Waals surface area contributed by atoms with Crippen LogP contribution in [0, 0.1) is 5.82 Å². The fourth-order valence-electron chi connectivity index (χ4n) is 3.19. The molecule has 0 aromatic heterocycles. The van der Waals surface area contributed by atoms with Gasteiger partial charge in [0.1, 0.15) is 18.1 Å². The SMILES string of the molecule is COc1ccccc1[C@H](C)NC(=O)CN(c1ccccc1F)S(=O)(=O)c1ccccc1. The van der Waals surface area contributed by atoms with Gasteiger partial charge in [-0.05, 0) is 37.3 Å². The van der Waals surface area contributed by atoms with Crippen LogP contribution in [0.25, 0.3) is 0 Å². The molecule has 0 fully saturated rings. The summed E-state index contributed by atoms with van der Waals surface area (Å²) in [7, 11) is -2.65. The first-order chi connectivity index (χ1) is 14.8. The van der Waals surface area contributed by atoms with Gasteiger partial charge in [0.25, 0.3) is 10.0 Å². The Morgan fingerprint density at radius 2 is 1.61 bits per heavy atom. The summed E-state index contributed by atoms with van der Waals surface area (Å²) in [6, 6.07) is 19.8. The highest BCUT2D eigenvalue weighted by Crippen LogP contribution is 2.27. The summed E-state index contributed by atoms with van der Waals surface area (Å²) >= 11 is 0. The maximum atomic E-state index is 14.5. The third-order valence-electron chi connectivity index (χ3n) is 4.72. The summed E-state index contributed by atoms with van der Waals surface area (Å²) in [4.78, 5) is 12.8. The fraction of sp³-hybridized carbons (Fsp3) is 0.174. The van der Waals surface area contributed by atoms with E-state index in [2.05, 4.69) is 5.32 Å². The Bertz CT molecular complexity index is 1150. The molecule has 0 aliphatic heterocycles. The number of nitrogens with zero attached hydrogens (tertiary/aromatic N) is 1. The molecule has 0 aliphatic carbocycles. The van der Waals surface area contributed by atoms with E-state index in [1.165, 1.54) is 37.4 Å². The van der Waals surface area contributed by atoms with Gasteiger partial charge in [0.15, 0.2) is 0 Å². The van der Waals surface area contributed by atoms with Crippen LogP contribution in [-0.2, 0) is 14.8 Å². The molecule has 1 atom stereocenters. The topological polar surface area (TPSA) is 75.7 Å². The van der Waals surface area contributed by atoms with Gasteiger partial charge in [0.2, 0.25) is 5.91 Å². The number of ether oxygens (including phenoxy) is 1. The highest BCUT2D eigenvalue weighted by Gasteiger charge is 2.29. The van der Waals surface area contributed by atoms with E-state index in [0.717, 1.165) is 15.9 Å². The number of sulfonamides is 1. The maximum absolute atomic E-state index is 14.5. The molecule has 8 heteroatoms. The minimum atomic E-state index is -4.18. The van der Waals surface area contributed by atoms with Crippen molar-refractivity contribution in [3.63, 3.8) is 0 Å². The number of benzene rings is 3. The quantitative estimate of drug-likeness (QED) is 0.574. The van der Waals surface area contributed by atoms with Gasteiger partial charge in [-0.15, -0.1) is 0 Å². The second-order valence-electron chi connectivity index (χ2n) is 6.81. The van der Waals surface area contributed by atoms with E-state index in [0.29, 0.717) is 5.75 Å². The zero-order valence-electron chi connectivity index (χ0n) is 17.2. The number of hydrogen-bond acceptors (Lipinski definition) is 4. The molecule has 1 N–H and O–H groups in total. The number of anilines is 1. The normalized spacial score (nSPS) is 12.1. The van der Waals surface area contributed by atoms with Gasteiger partial charge < -0.3 is 10.1 Å². The second kappa shape index (κ2) is 9.61. The summed E-state index contributed by atoms with van der Waals surface area (Å²) in [6.07, 6.45) is 0. The summed E-state index contributed by atoms with van der Waals surface area (Å²) in [5.74, 6) is -0.730. The number of carbonyl (C=O) groups is 1. The number of para-hydroxylation sites is 2. The number of nitrogens with one attached hydrogen (secondary N) is 1. The first kappa shape index (κ1) is 22.3. The van der Waals surface area contributed by atoms with Gasteiger partial charge in [-0.2, -0.15) is 0 Å². The minimum Gasteiger partial charge on any atom is -0.496 e. The molecule has 0 aliphatic rings. The third-order valence-corrected chi connectivity index (χ3v) is 6.50. The van der Waals surface area contributed by atoms with Crippen LogP contribution in [0.4, 0.5) is 10.1 Å². The van der Waals surface area contributed by atoms with Gasteiger partial charge in [0.05, 0.1) is 23.7 Å². The highest BCUT2D eigenvalue weighted by molar-refractivity contribution is 7.92. The fourth-order valence-corrected chi connectivity index (χ4v) is 4.64. The molecule has 31 heavy (non-hydrogen) atoms. The van der Waals surface area contributed by atoms with E-state index >= 15 is 0 Å². The standard InChI is InChI=1S/C23H23FN2O4S/c1-17(19-12-6-9-15-22(19)30-2)25-23(27)16-26(21-14-8-7-13-20(21)24)31(28,29)18-10-4-3-5-11-18/h3-15,17H,16H2,1-2H3,(H,25,27)/t17-/m0/s1. The van der Waals surface area contributed by atoms with Crippen LogP contribution in [0.3, 0.4) is 0 Å². The van der Waals surface area contributed by atoms with Crippen molar-refractivity contribution in [2.24, 2.45) is 0 Å². The lowest BCUT2D eigenvalue weighted by molar-refractivity contribution is -0.120. The molecule has 0 unspecified atom stereocenters. The predicted octanol–water partition coefficient (Wildman–Crippen LogP) is 3.91. The van der Waals surface area contributed by atoms with Gasteiger partial charge in [-0.1, -0.05) is 48.5 Å². The Balaban J connectivity index is 1.90. The number of methoxy groups -OCH3 is 1. The molecule has 3 aromatic rings. The Kier molecular flexibility index (Phi) is 6.91. The Labute approximate surface area is 181 Å². The molecule has 0 spiro atoms. The lowest BCUT2D eigenvalue weighted by Gasteiger charge is -2.25. The number of hydrogen-bond donors (Lipinski definition) is 1. The van der Waals surface area contributed by atoms with Crippen molar-refractivity contribution < 1.29 is 22.3 Å². The van der Waals surface area contributed by atoms with Gasteiger partial charge in [0, 0.05) is 5.56 Å². The van der Waals surface area contributed by atoms with E-state index in [1.54, 1.807) is 37.3 Å². The first-order valence-corrected chi connectivity index (χ1v) is 11.0. The van der Waals surface area contributed by atoms with Crippen molar-refractivity contribution in [1.82, 2.24) is 5.32 Å². The van der Waals surface area contributed by atoms with Crippen molar-refractivity contribution in [3.05, 3.63) is 90.2 Å².